The lowest BCUT2D eigenvalue weighted by Gasteiger charge is -2.12. The van der Waals surface area contributed by atoms with Crippen molar-refractivity contribution in [2.45, 2.75) is 27.3 Å². The first kappa shape index (κ1) is 19.2. The molecule has 0 radical (unpaired) electrons. The smallest absolute Gasteiger partial charge is 0.269 e. The second-order valence-electron chi connectivity index (χ2n) is 5.60. The van der Waals surface area contributed by atoms with E-state index in [0.29, 0.717) is 31.5 Å². The van der Waals surface area contributed by atoms with Crippen LogP contribution in [0.25, 0.3) is 0 Å². The molecule has 9 nitrogen and oxygen atoms in total. The Balaban J connectivity index is 1.80. The molecule has 140 valence electrons. The number of nitrogens with one attached hydrogen (secondary N) is 3. The van der Waals surface area contributed by atoms with Gasteiger partial charge in [0.05, 0.1) is 10.6 Å². The van der Waals surface area contributed by atoms with E-state index in [4.69, 9.17) is 4.42 Å². The normalized spacial score (nSPS) is 11.3. The Kier molecular flexibility index (Phi) is 6.95. The topological polar surface area (TPSA) is 118 Å². The first-order valence-electron chi connectivity index (χ1n) is 8.43. The summed E-state index contributed by atoms with van der Waals surface area (Å²) in [6, 6.07) is 6.32. The molecule has 1 aromatic carbocycles. The number of nitro groups is 1. The number of rotatable bonds is 8. The van der Waals surface area contributed by atoms with Gasteiger partial charge in [0.25, 0.3) is 5.69 Å². The number of aromatic nitrogens is 1. The largest absolute Gasteiger partial charge is 0.444 e. The predicted molar refractivity (Wildman–Crippen MR) is 100 cm³/mol. The molecule has 0 spiro atoms. The molecule has 1 heterocycles. The molecular formula is C17H24N6O3. The lowest BCUT2D eigenvalue weighted by atomic mass is 10.3. The van der Waals surface area contributed by atoms with Crippen LogP contribution in [0, 0.1) is 24.0 Å². The molecule has 2 aromatic rings. The Morgan fingerprint density at radius 1 is 1.23 bits per heavy atom. The van der Waals surface area contributed by atoms with E-state index >= 15 is 0 Å². The van der Waals surface area contributed by atoms with Crippen LogP contribution in [-0.4, -0.2) is 35.5 Å². The summed E-state index contributed by atoms with van der Waals surface area (Å²) < 4.78 is 5.52. The molecule has 0 atom stereocenters. The molecular weight excluding hydrogens is 336 g/mol. The van der Waals surface area contributed by atoms with Gasteiger partial charge in [-0.2, -0.15) is 0 Å². The average Bonchev–Trinajstić information content (AvgIpc) is 2.94. The Hall–Kier alpha value is -3.10. The molecule has 1 aromatic heterocycles. The zero-order valence-corrected chi connectivity index (χ0v) is 15.2. The van der Waals surface area contributed by atoms with Gasteiger partial charge in [0.15, 0.2) is 5.96 Å². The van der Waals surface area contributed by atoms with Crippen molar-refractivity contribution in [3.8, 4) is 0 Å². The molecule has 3 N–H and O–H groups in total. The van der Waals surface area contributed by atoms with Gasteiger partial charge in [-0.05, 0) is 32.9 Å². The van der Waals surface area contributed by atoms with Gasteiger partial charge < -0.3 is 20.4 Å². The third kappa shape index (κ3) is 5.76. The Labute approximate surface area is 152 Å². The highest BCUT2D eigenvalue weighted by molar-refractivity contribution is 5.79. The maximum Gasteiger partial charge on any atom is 0.269 e. The van der Waals surface area contributed by atoms with Crippen LogP contribution in [0.15, 0.2) is 33.7 Å². The summed E-state index contributed by atoms with van der Waals surface area (Å²) in [4.78, 5) is 19.0. The fraction of sp³-hybridized carbons (Fsp3) is 0.412. The molecule has 0 aliphatic rings. The molecule has 0 fully saturated rings. The van der Waals surface area contributed by atoms with Crippen LogP contribution < -0.4 is 16.0 Å². The summed E-state index contributed by atoms with van der Waals surface area (Å²) >= 11 is 0. The lowest BCUT2D eigenvalue weighted by Crippen LogP contribution is -2.39. The van der Waals surface area contributed by atoms with Crippen molar-refractivity contribution in [2.75, 3.05) is 25.0 Å². The molecule has 0 saturated carbocycles. The summed E-state index contributed by atoms with van der Waals surface area (Å²) in [5, 5.41) is 20.2. The molecule has 9 heteroatoms. The van der Waals surface area contributed by atoms with Crippen LogP contribution in [0.4, 0.5) is 11.4 Å². The van der Waals surface area contributed by atoms with Crippen molar-refractivity contribution in [3.63, 3.8) is 0 Å². The summed E-state index contributed by atoms with van der Waals surface area (Å²) in [6.45, 7) is 8.14. The average molecular weight is 360 g/mol. The highest BCUT2D eigenvalue weighted by Gasteiger charge is 2.06. The van der Waals surface area contributed by atoms with Gasteiger partial charge in [0.1, 0.15) is 12.3 Å². The maximum absolute atomic E-state index is 10.6. The number of non-ortho nitro benzene ring substituents is 1. The van der Waals surface area contributed by atoms with Crippen molar-refractivity contribution in [2.24, 2.45) is 4.99 Å². The van der Waals surface area contributed by atoms with Crippen molar-refractivity contribution in [3.05, 3.63) is 51.7 Å². The minimum Gasteiger partial charge on any atom is -0.444 e. The number of aryl methyl sites for hydroxylation is 2. The molecule has 0 saturated heterocycles. The third-order valence-corrected chi connectivity index (χ3v) is 3.61. The number of aliphatic imine (C=N–C) groups is 1. The van der Waals surface area contributed by atoms with E-state index in [2.05, 4.69) is 25.9 Å². The first-order chi connectivity index (χ1) is 12.5. The minimum absolute atomic E-state index is 0.0762. The molecule has 2 rings (SSSR count). The number of oxazole rings is 1. The zero-order valence-electron chi connectivity index (χ0n) is 15.2. The minimum atomic E-state index is -0.415. The Morgan fingerprint density at radius 3 is 2.54 bits per heavy atom. The number of benzene rings is 1. The third-order valence-electron chi connectivity index (χ3n) is 3.61. The number of hydrogen-bond donors (Lipinski definition) is 3. The fourth-order valence-corrected chi connectivity index (χ4v) is 2.18. The van der Waals surface area contributed by atoms with E-state index in [1.165, 1.54) is 12.1 Å². The van der Waals surface area contributed by atoms with Crippen LogP contribution in [-0.2, 0) is 6.54 Å². The standard InChI is InChI=1S/C17H24N6O3/c1-4-18-17(21-11-16-22-12(2)13(3)26-16)20-10-9-19-14-5-7-15(8-6-14)23(24)25/h5-8,19H,4,9-11H2,1-3H3,(H2,18,20,21). The molecule has 26 heavy (non-hydrogen) atoms. The molecule has 0 unspecified atom stereocenters. The van der Waals surface area contributed by atoms with Crippen LogP contribution in [0.1, 0.15) is 24.3 Å². The van der Waals surface area contributed by atoms with E-state index < -0.39 is 4.92 Å². The number of nitrogens with zero attached hydrogens (tertiary/aromatic N) is 3. The molecule has 0 aliphatic heterocycles. The highest BCUT2D eigenvalue weighted by Crippen LogP contribution is 2.14. The van der Waals surface area contributed by atoms with Gasteiger partial charge >= 0.3 is 0 Å². The molecule has 0 bridgehead atoms. The summed E-state index contributed by atoms with van der Waals surface area (Å²) in [6.07, 6.45) is 0. The second kappa shape index (κ2) is 9.40. The van der Waals surface area contributed by atoms with E-state index in [1.807, 2.05) is 20.8 Å². The van der Waals surface area contributed by atoms with Crippen molar-refractivity contribution in [1.29, 1.82) is 0 Å². The number of guanidine groups is 1. The van der Waals surface area contributed by atoms with E-state index in [-0.39, 0.29) is 5.69 Å². The van der Waals surface area contributed by atoms with Crippen molar-refractivity contribution >= 4 is 17.3 Å². The highest BCUT2D eigenvalue weighted by atomic mass is 16.6. The Bertz CT molecular complexity index is 735. The quantitative estimate of drug-likeness (QED) is 0.217. The summed E-state index contributed by atoms with van der Waals surface area (Å²) in [5.41, 5.74) is 1.78. The Morgan fingerprint density at radius 2 is 1.96 bits per heavy atom. The monoisotopic (exact) mass is 360 g/mol. The number of hydrogen-bond acceptors (Lipinski definition) is 6. The number of nitro benzene ring substituents is 1. The van der Waals surface area contributed by atoms with Gasteiger partial charge in [-0.15, -0.1) is 0 Å². The van der Waals surface area contributed by atoms with Crippen LogP contribution in [0.2, 0.25) is 0 Å². The number of anilines is 1. The summed E-state index contributed by atoms with van der Waals surface area (Å²) in [5.74, 6) is 2.06. The molecule has 0 aliphatic carbocycles. The van der Waals surface area contributed by atoms with Crippen LogP contribution >= 0.6 is 0 Å². The van der Waals surface area contributed by atoms with Gasteiger partial charge in [-0.3, -0.25) is 10.1 Å². The molecule has 0 amide bonds. The summed E-state index contributed by atoms with van der Waals surface area (Å²) in [7, 11) is 0. The van der Waals surface area contributed by atoms with Crippen molar-refractivity contribution < 1.29 is 9.34 Å². The first-order valence-corrected chi connectivity index (χ1v) is 8.43. The van der Waals surface area contributed by atoms with Crippen molar-refractivity contribution in [1.82, 2.24) is 15.6 Å². The van der Waals surface area contributed by atoms with Crippen LogP contribution in [0.3, 0.4) is 0 Å². The van der Waals surface area contributed by atoms with Gasteiger partial charge in [-0.1, -0.05) is 0 Å². The van der Waals surface area contributed by atoms with E-state index in [0.717, 1.165) is 23.7 Å². The van der Waals surface area contributed by atoms with Gasteiger partial charge in [0, 0.05) is 37.5 Å². The predicted octanol–water partition coefficient (Wildman–Crippen LogP) is 2.37. The van der Waals surface area contributed by atoms with E-state index in [1.54, 1.807) is 12.1 Å². The zero-order chi connectivity index (χ0) is 18.9. The SMILES string of the molecule is CCNC(=NCc1nc(C)c(C)o1)NCCNc1ccc([N+](=O)[O-])cc1. The van der Waals surface area contributed by atoms with Gasteiger partial charge in [-0.25, -0.2) is 9.98 Å². The maximum atomic E-state index is 10.6. The fourth-order valence-electron chi connectivity index (χ4n) is 2.18. The van der Waals surface area contributed by atoms with E-state index in [9.17, 15) is 10.1 Å². The van der Waals surface area contributed by atoms with Gasteiger partial charge in [0.2, 0.25) is 5.89 Å². The second-order valence-corrected chi connectivity index (χ2v) is 5.60. The lowest BCUT2D eigenvalue weighted by molar-refractivity contribution is -0.384. The van der Waals surface area contributed by atoms with Crippen LogP contribution in [0.5, 0.6) is 0 Å².